The summed E-state index contributed by atoms with van der Waals surface area (Å²) < 4.78 is 13.3. The van der Waals surface area contributed by atoms with Crippen molar-refractivity contribution in [1.29, 1.82) is 0 Å². The monoisotopic (exact) mass is 370 g/mol. The molecule has 2 N–H and O–H groups in total. The van der Waals surface area contributed by atoms with Crippen LogP contribution in [0.25, 0.3) is 0 Å². The van der Waals surface area contributed by atoms with Crippen molar-refractivity contribution in [1.82, 2.24) is 20.4 Å². The van der Waals surface area contributed by atoms with E-state index in [9.17, 15) is 14.0 Å². The van der Waals surface area contributed by atoms with E-state index in [1.807, 2.05) is 0 Å². The highest BCUT2D eigenvalue weighted by atomic mass is 19.1. The highest BCUT2D eigenvalue weighted by Crippen LogP contribution is 2.34. The first kappa shape index (κ1) is 17.7. The lowest BCUT2D eigenvalue weighted by Gasteiger charge is -2.35. The summed E-state index contributed by atoms with van der Waals surface area (Å²) in [5.41, 5.74) is 2.02. The standard InChI is InChI=1S/C20H23FN4O2/c21-15-8-6-14(7-9-15)18-19(26)22-10-11-25(18)20(27)16-12-23-24-17(16)13-4-2-1-3-5-13/h6-9,12-13,18H,1-5,10-11H2,(H,22,26)(H,23,24)/t18-/m0/s1. The number of hydrogen-bond acceptors (Lipinski definition) is 3. The molecule has 0 unspecified atom stereocenters. The second-order valence-electron chi connectivity index (χ2n) is 7.28. The first-order valence-corrected chi connectivity index (χ1v) is 9.52. The zero-order valence-corrected chi connectivity index (χ0v) is 15.1. The van der Waals surface area contributed by atoms with E-state index in [0.717, 1.165) is 31.4 Å². The van der Waals surface area contributed by atoms with Crippen molar-refractivity contribution in [3.8, 4) is 0 Å². The Labute approximate surface area is 157 Å². The van der Waals surface area contributed by atoms with E-state index >= 15 is 0 Å². The van der Waals surface area contributed by atoms with Gasteiger partial charge in [-0.15, -0.1) is 0 Å². The number of benzene rings is 1. The number of carbonyl (C=O) groups excluding carboxylic acids is 2. The van der Waals surface area contributed by atoms with Crippen LogP contribution in [0.15, 0.2) is 30.5 Å². The fraction of sp³-hybridized carbons (Fsp3) is 0.450. The molecule has 2 aromatic rings. The molecule has 0 bridgehead atoms. The maximum atomic E-state index is 13.3. The molecule has 6 nitrogen and oxygen atoms in total. The molecule has 1 aliphatic carbocycles. The molecule has 0 radical (unpaired) electrons. The van der Waals surface area contributed by atoms with Crippen LogP contribution in [0.1, 0.15) is 65.7 Å². The number of halogens is 1. The van der Waals surface area contributed by atoms with Crippen molar-refractivity contribution in [2.24, 2.45) is 0 Å². The molecule has 7 heteroatoms. The van der Waals surface area contributed by atoms with Gasteiger partial charge in [-0.25, -0.2) is 4.39 Å². The lowest BCUT2D eigenvalue weighted by atomic mass is 9.85. The van der Waals surface area contributed by atoms with Gasteiger partial charge in [-0.05, 0) is 30.5 Å². The molecule has 2 aliphatic rings. The lowest BCUT2D eigenvalue weighted by Crippen LogP contribution is -2.52. The van der Waals surface area contributed by atoms with Gasteiger partial charge in [0.1, 0.15) is 11.9 Å². The quantitative estimate of drug-likeness (QED) is 0.872. The molecule has 1 aromatic heterocycles. The first-order valence-electron chi connectivity index (χ1n) is 9.52. The number of hydrogen-bond donors (Lipinski definition) is 2. The van der Waals surface area contributed by atoms with Gasteiger partial charge in [0.05, 0.1) is 17.5 Å². The Morgan fingerprint density at radius 1 is 1.15 bits per heavy atom. The Kier molecular flexibility index (Phi) is 4.92. The van der Waals surface area contributed by atoms with Gasteiger partial charge in [-0.1, -0.05) is 31.4 Å². The molecule has 2 heterocycles. The van der Waals surface area contributed by atoms with Crippen molar-refractivity contribution in [3.63, 3.8) is 0 Å². The van der Waals surface area contributed by atoms with Crippen molar-refractivity contribution in [2.45, 2.75) is 44.1 Å². The van der Waals surface area contributed by atoms with E-state index < -0.39 is 6.04 Å². The van der Waals surface area contributed by atoms with Crippen LogP contribution in [-0.2, 0) is 4.79 Å². The Balaban J connectivity index is 1.64. The third-order valence-electron chi connectivity index (χ3n) is 5.57. The minimum Gasteiger partial charge on any atom is -0.352 e. The largest absolute Gasteiger partial charge is 0.352 e. The molecule has 27 heavy (non-hydrogen) atoms. The smallest absolute Gasteiger partial charge is 0.258 e. The number of nitrogens with zero attached hydrogens (tertiary/aromatic N) is 2. The zero-order valence-electron chi connectivity index (χ0n) is 15.1. The van der Waals surface area contributed by atoms with Gasteiger partial charge < -0.3 is 10.2 Å². The highest BCUT2D eigenvalue weighted by Gasteiger charge is 2.36. The van der Waals surface area contributed by atoms with Crippen LogP contribution in [0, 0.1) is 5.82 Å². The Morgan fingerprint density at radius 2 is 1.89 bits per heavy atom. The third kappa shape index (κ3) is 3.46. The molecule has 1 saturated heterocycles. The normalized spacial score (nSPS) is 21.1. The molecule has 1 aliphatic heterocycles. The maximum Gasteiger partial charge on any atom is 0.258 e. The van der Waals surface area contributed by atoms with E-state index in [0.29, 0.717) is 30.1 Å². The predicted molar refractivity (Wildman–Crippen MR) is 97.6 cm³/mol. The minimum atomic E-state index is -0.763. The molecule has 2 amide bonds. The van der Waals surface area contributed by atoms with E-state index in [-0.39, 0.29) is 17.6 Å². The van der Waals surface area contributed by atoms with Crippen LogP contribution in [0.2, 0.25) is 0 Å². The van der Waals surface area contributed by atoms with Crippen molar-refractivity contribution in [2.75, 3.05) is 13.1 Å². The summed E-state index contributed by atoms with van der Waals surface area (Å²) in [5.74, 6) is -0.511. The molecule has 2 fully saturated rings. The number of piperazine rings is 1. The van der Waals surface area contributed by atoms with Crippen LogP contribution in [-0.4, -0.2) is 40.0 Å². The van der Waals surface area contributed by atoms with Crippen molar-refractivity contribution < 1.29 is 14.0 Å². The molecule has 142 valence electrons. The van der Waals surface area contributed by atoms with Gasteiger partial charge in [0.15, 0.2) is 0 Å². The predicted octanol–water partition coefficient (Wildman–Crippen LogP) is 2.91. The molecule has 0 spiro atoms. The summed E-state index contributed by atoms with van der Waals surface area (Å²) in [4.78, 5) is 27.4. The molecule has 1 aromatic carbocycles. The fourth-order valence-electron chi connectivity index (χ4n) is 4.19. The van der Waals surface area contributed by atoms with Gasteiger partial charge in [0.2, 0.25) is 5.91 Å². The minimum absolute atomic E-state index is 0.200. The molecule has 1 saturated carbocycles. The van der Waals surface area contributed by atoms with Crippen LogP contribution < -0.4 is 5.32 Å². The Morgan fingerprint density at radius 3 is 2.63 bits per heavy atom. The number of aromatic amines is 1. The molecular weight excluding hydrogens is 347 g/mol. The average molecular weight is 370 g/mol. The van der Waals surface area contributed by atoms with E-state index in [1.54, 1.807) is 23.2 Å². The maximum absolute atomic E-state index is 13.3. The first-order chi connectivity index (χ1) is 13.1. The van der Waals surface area contributed by atoms with Gasteiger partial charge in [-0.2, -0.15) is 5.10 Å². The highest BCUT2D eigenvalue weighted by molar-refractivity contribution is 5.99. The Bertz CT molecular complexity index is 827. The number of amides is 2. The summed E-state index contributed by atoms with van der Waals surface area (Å²) in [5, 5.41) is 9.94. The number of aromatic nitrogens is 2. The van der Waals surface area contributed by atoms with Crippen LogP contribution in [0.4, 0.5) is 4.39 Å². The molecular formula is C20H23FN4O2. The third-order valence-corrected chi connectivity index (χ3v) is 5.57. The summed E-state index contributed by atoms with van der Waals surface area (Å²) in [6, 6.07) is 4.97. The lowest BCUT2D eigenvalue weighted by molar-refractivity contribution is -0.128. The van der Waals surface area contributed by atoms with Gasteiger partial charge >= 0.3 is 0 Å². The average Bonchev–Trinajstić information content (AvgIpc) is 3.19. The molecule has 1 atom stereocenters. The molecule has 4 rings (SSSR count). The van der Waals surface area contributed by atoms with Gasteiger partial charge in [0, 0.05) is 19.0 Å². The van der Waals surface area contributed by atoms with Gasteiger partial charge in [-0.3, -0.25) is 14.7 Å². The summed E-state index contributed by atoms with van der Waals surface area (Å²) in [6.45, 7) is 0.806. The number of nitrogens with one attached hydrogen (secondary N) is 2. The van der Waals surface area contributed by atoms with Gasteiger partial charge in [0.25, 0.3) is 5.91 Å². The second kappa shape index (κ2) is 7.50. The van der Waals surface area contributed by atoms with Crippen LogP contribution >= 0.6 is 0 Å². The summed E-state index contributed by atoms with van der Waals surface area (Å²) in [6.07, 6.45) is 7.20. The fourth-order valence-corrected chi connectivity index (χ4v) is 4.19. The van der Waals surface area contributed by atoms with E-state index in [1.165, 1.54) is 18.6 Å². The number of carbonyl (C=O) groups is 2. The number of H-pyrrole nitrogens is 1. The topological polar surface area (TPSA) is 78.1 Å². The Hall–Kier alpha value is -2.70. The second-order valence-corrected chi connectivity index (χ2v) is 7.28. The summed E-state index contributed by atoms with van der Waals surface area (Å²) >= 11 is 0. The van der Waals surface area contributed by atoms with Crippen molar-refractivity contribution in [3.05, 3.63) is 53.1 Å². The van der Waals surface area contributed by atoms with Crippen LogP contribution in [0.3, 0.4) is 0 Å². The van der Waals surface area contributed by atoms with Crippen LogP contribution in [0.5, 0.6) is 0 Å². The number of rotatable bonds is 3. The van der Waals surface area contributed by atoms with E-state index in [2.05, 4.69) is 15.5 Å². The summed E-state index contributed by atoms with van der Waals surface area (Å²) in [7, 11) is 0. The van der Waals surface area contributed by atoms with Crippen molar-refractivity contribution >= 4 is 11.8 Å². The van der Waals surface area contributed by atoms with E-state index in [4.69, 9.17) is 0 Å². The zero-order chi connectivity index (χ0) is 18.8. The SMILES string of the molecule is O=C1NCCN(C(=O)c2cn[nH]c2C2CCCCC2)[C@H]1c1ccc(F)cc1.